The molecule has 0 aliphatic rings. The van der Waals surface area contributed by atoms with Crippen molar-refractivity contribution in [3.63, 3.8) is 0 Å². The Hall–Kier alpha value is -2.14. The predicted molar refractivity (Wildman–Crippen MR) is 97.6 cm³/mol. The van der Waals surface area contributed by atoms with Gasteiger partial charge in [0.1, 0.15) is 5.75 Å². The fourth-order valence-electron chi connectivity index (χ4n) is 2.35. The number of hydrogen-bond donors (Lipinski definition) is 1. The van der Waals surface area contributed by atoms with Gasteiger partial charge in [0, 0.05) is 22.8 Å². The molecule has 0 aliphatic carbocycles. The summed E-state index contributed by atoms with van der Waals surface area (Å²) in [5.74, 6) is 0.813. The molecule has 0 saturated carbocycles. The van der Waals surface area contributed by atoms with Crippen molar-refractivity contribution in [2.75, 3.05) is 18.6 Å². The van der Waals surface area contributed by atoms with E-state index >= 15 is 0 Å². The maximum atomic E-state index is 12.2. The first-order valence-corrected chi connectivity index (χ1v) is 9.67. The highest BCUT2D eigenvalue weighted by Gasteiger charge is 2.16. The Morgan fingerprint density at radius 1 is 1.12 bits per heavy atom. The second kappa shape index (κ2) is 9.23. The zero-order chi connectivity index (χ0) is 17.4. The number of carbonyl (C=O) groups excluding carboxylic acids is 1. The van der Waals surface area contributed by atoms with E-state index in [2.05, 4.69) is 12.2 Å². The molecule has 2 unspecified atom stereocenters. The van der Waals surface area contributed by atoms with Crippen molar-refractivity contribution in [1.29, 1.82) is 0 Å². The smallest absolute Gasteiger partial charge is 0.258 e. The molecule has 1 N–H and O–H groups in total. The highest BCUT2D eigenvalue weighted by atomic mass is 32.2. The molecule has 0 aromatic heterocycles. The first-order valence-electron chi connectivity index (χ1n) is 7.94. The van der Waals surface area contributed by atoms with E-state index in [0.717, 1.165) is 12.0 Å². The Morgan fingerprint density at radius 2 is 1.79 bits per heavy atom. The maximum Gasteiger partial charge on any atom is 0.258 e. The fraction of sp³-hybridized carbons (Fsp3) is 0.316. The van der Waals surface area contributed by atoms with Crippen LogP contribution in [-0.4, -0.2) is 28.7 Å². The van der Waals surface area contributed by atoms with Gasteiger partial charge in [0.25, 0.3) is 5.91 Å². The van der Waals surface area contributed by atoms with Gasteiger partial charge in [-0.1, -0.05) is 49.4 Å². The largest absolute Gasteiger partial charge is 0.484 e. The molecule has 5 heteroatoms. The van der Waals surface area contributed by atoms with Crippen molar-refractivity contribution < 1.29 is 13.7 Å². The molecule has 1 amide bonds. The second-order valence-electron chi connectivity index (χ2n) is 5.56. The van der Waals surface area contributed by atoms with Crippen LogP contribution in [0.2, 0.25) is 0 Å². The Kier molecular flexibility index (Phi) is 7.00. The first kappa shape index (κ1) is 18.2. The van der Waals surface area contributed by atoms with Crippen molar-refractivity contribution in [1.82, 2.24) is 5.32 Å². The van der Waals surface area contributed by atoms with Crippen LogP contribution in [0.15, 0.2) is 54.6 Å². The standard InChI is InChI=1S/C19H23NO3S/c1-3-15-9-11-17(12-10-15)23-13-19(21)20-18(14-24(2)22)16-7-5-4-6-8-16/h4-12,18H,3,13-14H2,1-2H3,(H,20,21). The van der Waals surface area contributed by atoms with Gasteiger partial charge in [0.2, 0.25) is 0 Å². The fourth-order valence-corrected chi connectivity index (χ4v) is 3.09. The van der Waals surface area contributed by atoms with E-state index < -0.39 is 10.8 Å². The SMILES string of the molecule is CCc1ccc(OCC(=O)NC(CS(C)=O)c2ccccc2)cc1. The Morgan fingerprint density at radius 3 is 2.38 bits per heavy atom. The van der Waals surface area contributed by atoms with Gasteiger partial charge in [-0.2, -0.15) is 0 Å². The van der Waals surface area contributed by atoms with Crippen molar-refractivity contribution in [3.05, 3.63) is 65.7 Å². The van der Waals surface area contributed by atoms with Gasteiger partial charge in [-0.15, -0.1) is 0 Å². The summed E-state index contributed by atoms with van der Waals surface area (Å²) in [5, 5.41) is 2.90. The molecule has 2 aromatic rings. The summed E-state index contributed by atoms with van der Waals surface area (Å²) in [6.07, 6.45) is 2.60. The molecule has 128 valence electrons. The highest BCUT2D eigenvalue weighted by molar-refractivity contribution is 7.84. The van der Waals surface area contributed by atoms with Crippen LogP contribution in [-0.2, 0) is 22.0 Å². The van der Waals surface area contributed by atoms with Gasteiger partial charge in [0.05, 0.1) is 6.04 Å². The average molecular weight is 345 g/mol. The van der Waals surface area contributed by atoms with Crippen molar-refractivity contribution in [2.24, 2.45) is 0 Å². The van der Waals surface area contributed by atoms with Gasteiger partial charge >= 0.3 is 0 Å². The summed E-state index contributed by atoms with van der Waals surface area (Å²) >= 11 is 0. The van der Waals surface area contributed by atoms with E-state index in [1.807, 2.05) is 54.6 Å². The lowest BCUT2D eigenvalue weighted by Crippen LogP contribution is -2.35. The molecule has 2 aromatic carbocycles. The topological polar surface area (TPSA) is 55.4 Å². The van der Waals surface area contributed by atoms with Gasteiger partial charge in [-0.05, 0) is 29.7 Å². The molecule has 0 radical (unpaired) electrons. The van der Waals surface area contributed by atoms with Crippen molar-refractivity contribution in [2.45, 2.75) is 19.4 Å². The molecule has 0 aliphatic heterocycles. The summed E-state index contributed by atoms with van der Waals surface area (Å²) in [4.78, 5) is 12.2. The van der Waals surface area contributed by atoms with E-state index in [9.17, 15) is 9.00 Å². The number of benzene rings is 2. The van der Waals surface area contributed by atoms with Gasteiger partial charge < -0.3 is 10.1 Å². The lowest BCUT2D eigenvalue weighted by atomic mass is 10.1. The van der Waals surface area contributed by atoms with E-state index in [-0.39, 0.29) is 18.6 Å². The van der Waals surface area contributed by atoms with Crippen LogP contribution >= 0.6 is 0 Å². The molecule has 4 nitrogen and oxygen atoms in total. The minimum Gasteiger partial charge on any atom is -0.484 e. The maximum absolute atomic E-state index is 12.2. The van der Waals surface area contributed by atoms with Crippen LogP contribution in [0.1, 0.15) is 24.1 Å². The van der Waals surface area contributed by atoms with Gasteiger partial charge in [-0.3, -0.25) is 9.00 Å². The molecule has 0 fully saturated rings. The molecule has 0 bridgehead atoms. The molecule has 2 atom stereocenters. The summed E-state index contributed by atoms with van der Waals surface area (Å²) in [5.41, 5.74) is 2.16. The van der Waals surface area contributed by atoms with Crippen molar-refractivity contribution in [3.8, 4) is 5.75 Å². The summed E-state index contributed by atoms with van der Waals surface area (Å²) < 4.78 is 17.1. The number of amides is 1. The molecule has 0 saturated heterocycles. The highest BCUT2D eigenvalue weighted by Crippen LogP contribution is 2.15. The van der Waals surface area contributed by atoms with Crippen LogP contribution in [0.25, 0.3) is 0 Å². The monoisotopic (exact) mass is 345 g/mol. The molecular formula is C19H23NO3S. The average Bonchev–Trinajstić information content (AvgIpc) is 2.60. The van der Waals surface area contributed by atoms with Gasteiger partial charge in [0.15, 0.2) is 6.61 Å². The molecule has 0 spiro atoms. The lowest BCUT2D eigenvalue weighted by molar-refractivity contribution is -0.123. The third kappa shape index (κ3) is 5.81. The molecular weight excluding hydrogens is 322 g/mol. The first-order chi connectivity index (χ1) is 11.6. The lowest BCUT2D eigenvalue weighted by Gasteiger charge is -2.18. The number of ether oxygens (including phenoxy) is 1. The van der Waals surface area contributed by atoms with Crippen LogP contribution in [0.4, 0.5) is 0 Å². The van der Waals surface area contributed by atoms with Crippen LogP contribution in [0.3, 0.4) is 0 Å². The third-order valence-electron chi connectivity index (χ3n) is 3.64. The minimum atomic E-state index is -1.01. The summed E-state index contributed by atoms with van der Waals surface area (Å²) in [6, 6.07) is 17.0. The summed E-state index contributed by atoms with van der Waals surface area (Å²) in [7, 11) is -1.01. The zero-order valence-electron chi connectivity index (χ0n) is 14.0. The number of rotatable bonds is 8. The normalized spacial score (nSPS) is 13.1. The van der Waals surface area contributed by atoms with E-state index in [1.54, 1.807) is 6.26 Å². The number of carbonyl (C=O) groups is 1. The Balaban J connectivity index is 1.93. The van der Waals surface area contributed by atoms with Crippen LogP contribution in [0.5, 0.6) is 5.75 Å². The number of nitrogens with one attached hydrogen (secondary N) is 1. The van der Waals surface area contributed by atoms with E-state index in [0.29, 0.717) is 11.5 Å². The Labute approximate surface area is 145 Å². The van der Waals surface area contributed by atoms with E-state index in [4.69, 9.17) is 4.74 Å². The summed E-state index contributed by atoms with van der Waals surface area (Å²) in [6.45, 7) is 2.02. The quantitative estimate of drug-likeness (QED) is 0.800. The second-order valence-corrected chi connectivity index (χ2v) is 7.04. The number of aryl methyl sites for hydroxylation is 1. The van der Waals surface area contributed by atoms with Crippen LogP contribution < -0.4 is 10.1 Å². The molecule has 0 heterocycles. The third-order valence-corrected chi connectivity index (χ3v) is 4.44. The number of hydrogen-bond acceptors (Lipinski definition) is 3. The predicted octanol–water partition coefficient (Wildman–Crippen LogP) is 2.86. The van der Waals surface area contributed by atoms with Crippen molar-refractivity contribution >= 4 is 16.7 Å². The molecule has 2 rings (SSSR count). The van der Waals surface area contributed by atoms with Crippen LogP contribution in [0, 0.1) is 0 Å². The zero-order valence-corrected chi connectivity index (χ0v) is 14.8. The van der Waals surface area contributed by atoms with Gasteiger partial charge in [-0.25, -0.2) is 0 Å². The molecule has 24 heavy (non-hydrogen) atoms. The minimum absolute atomic E-state index is 0.0643. The Bertz CT molecular complexity index is 671. The van der Waals surface area contributed by atoms with E-state index in [1.165, 1.54) is 5.56 Å².